The van der Waals surface area contributed by atoms with E-state index in [-0.39, 0.29) is 12.0 Å². The van der Waals surface area contributed by atoms with Crippen LogP contribution in [0.4, 0.5) is 0 Å². The Bertz CT molecular complexity index is 964. The Morgan fingerprint density at radius 3 is 2.92 bits per heavy atom. The van der Waals surface area contributed by atoms with E-state index in [1.807, 2.05) is 31.2 Å². The molecule has 6 nitrogen and oxygen atoms in total. The van der Waals surface area contributed by atoms with Crippen molar-refractivity contribution < 1.29 is 9.53 Å². The van der Waals surface area contributed by atoms with Gasteiger partial charge in [-0.1, -0.05) is 18.2 Å². The van der Waals surface area contributed by atoms with E-state index in [9.17, 15) is 4.79 Å². The monoisotopic (exact) mass is 348 g/mol. The molecule has 1 amide bonds. The largest absolute Gasteiger partial charge is 0.487 e. The van der Waals surface area contributed by atoms with Crippen molar-refractivity contribution in [2.45, 2.75) is 19.4 Å². The van der Waals surface area contributed by atoms with Crippen LogP contribution in [0.2, 0.25) is 0 Å². The zero-order valence-corrected chi connectivity index (χ0v) is 14.8. The summed E-state index contributed by atoms with van der Waals surface area (Å²) in [4.78, 5) is 16.8. The minimum absolute atomic E-state index is 0.0904. The first-order chi connectivity index (χ1) is 12.6. The summed E-state index contributed by atoms with van der Waals surface area (Å²) in [6.07, 6.45) is 4.08. The third-order valence-corrected chi connectivity index (χ3v) is 4.64. The van der Waals surface area contributed by atoms with Crippen molar-refractivity contribution in [3.05, 3.63) is 65.6 Å². The van der Waals surface area contributed by atoms with Gasteiger partial charge in [-0.2, -0.15) is 5.10 Å². The van der Waals surface area contributed by atoms with Gasteiger partial charge in [-0.15, -0.1) is 0 Å². The molecule has 1 aliphatic heterocycles. The molecule has 1 N–H and O–H groups in total. The summed E-state index contributed by atoms with van der Waals surface area (Å²) in [6.45, 7) is 2.49. The summed E-state index contributed by atoms with van der Waals surface area (Å²) in [5.41, 5.74) is 4.72. The molecule has 1 atom stereocenters. The Labute approximate surface area is 151 Å². The molecule has 26 heavy (non-hydrogen) atoms. The number of rotatable bonds is 4. The van der Waals surface area contributed by atoms with Gasteiger partial charge in [0.1, 0.15) is 17.5 Å². The van der Waals surface area contributed by atoms with E-state index in [0.717, 1.165) is 34.6 Å². The number of nitrogens with one attached hydrogen (secondary N) is 1. The van der Waals surface area contributed by atoms with E-state index in [2.05, 4.69) is 21.5 Å². The van der Waals surface area contributed by atoms with Crippen LogP contribution in [0.5, 0.6) is 5.75 Å². The average Bonchev–Trinajstić information content (AvgIpc) is 3.25. The molecule has 4 rings (SSSR count). The molecular formula is C20H20N4O2. The highest BCUT2D eigenvalue weighted by molar-refractivity contribution is 5.92. The van der Waals surface area contributed by atoms with Gasteiger partial charge in [0.15, 0.2) is 0 Å². The fraction of sp³-hybridized carbons (Fsp3) is 0.250. The molecule has 3 heterocycles. The first-order valence-corrected chi connectivity index (χ1v) is 8.60. The predicted molar refractivity (Wildman–Crippen MR) is 98.1 cm³/mol. The first-order valence-electron chi connectivity index (χ1n) is 8.60. The molecule has 1 aliphatic rings. The van der Waals surface area contributed by atoms with Crippen molar-refractivity contribution in [2.24, 2.45) is 7.05 Å². The molecule has 1 aromatic carbocycles. The maximum absolute atomic E-state index is 12.3. The fourth-order valence-corrected chi connectivity index (χ4v) is 3.30. The maximum Gasteiger partial charge on any atom is 0.269 e. The molecule has 3 aromatic rings. The lowest BCUT2D eigenvalue weighted by atomic mass is 10.0. The molecule has 6 heteroatoms. The number of hydrogen-bond donors (Lipinski definition) is 1. The number of amides is 1. The minimum atomic E-state index is -0.148. The molecule has 0 saturated carbocycles. The topological polar surface area (TPSA) is 69.0 Å². The highest BCUT2D eigenvalue weighted by Gasteiger charge is 2.27. The summed E-state index contributed by atoms with van der Waals surface area (Å²) in [5.74, 6) is 0.722. The minimum Gasteiger partial charge on any atom is -0.487 e. The number of aryl methyl sites for hydroxylation is 2. The second kappa shape index (κ2) is 6.63. The van der Waals surface area contributed by atoms with E-state index >= 15 is 0 Å². The van der Waals surface area contributed by atoms with Crippen LogP contribution < -0.4 is 10.1 Å². The highest BCUT2D eigenvalue weighted by atomic mass is 16.5. The van der Waals surface area contributed by atoms with Gasteiger partial charge < -0.3 is 10.1 Å². The second-order valence-corrected chi connectivity index (χ2v) is 6.46. The van der Waals surface area contributed by atoms with Gasteiger partial charge in [-0.25, -0.2) is 0 Å². The number of hydrogen-bond acceptors (Lipinski definition) is 4. The molecule has 0 spiro atoms. The Balaban J connectivity index is 1.50. The van der Waals surface area contributed by atoms with E-state index in [1.54, 1.807) is 30.2 Å². The standard InChI is InChI=1S/C20H20N4O2/c1-13-5-4-9-21-18(13)16-7-3-6-14-11-15(26-19(14)16)12-22-20(25)17-8-10-23-24(17)2/h3-10,15H,11-12H2,1-2H3,(H,22,25). The van der Waals surface area contributed by atoms with Crippen LogP contribution >= 0.6 is 0 Å². The van der Waals surface area contributed by atoms with Gasteiger partial charge in [0.25, 0.3) is 5.91 Å². The third kappa shape index (κ3) is 2.94. The molecule has 132 valence electrons. The first kappa shape index (κ1) is 16.3. The average molecular weight is 348 g/mol. The van der Waals surface area contributed by atoms with Crippen LogP contribution in [0.1, 0.15) is 21.6 Å². The van der Waals surface area contributed by atoms with Gasteiger partial charge in [-0.05, 0) is 36.2 Å². The van der Waals surface area contributed by atoms with Crippen molar-refractivity contribution >= 4 is 5.91 Å². The van der Waals surface area contributed by atoms with Crippen molar-refractivity contribution in [3.8, 4) is 17.0 Å². The van der Waals surface area contributed by atoms with Crippen LogP contribution in [-0.4, -0.2) is 33.3 Å². The number of carbonyl (C=O) groups excluding carboxylic acids is 1. The Kier molecular flexibility index (Phi) is 4.16. The molecule has 0 saturated heterocycles. The summed E-state index contributed by atoms with van der Waals surface area (Å²) in [7, 11) is 1.75. The lowest BCUT2D eigenvalue weighted by molar-refractivity contribution is 0.0924. The van der Waals surface area contributed by atoms with Crippen LogP contribution in [0.3, 0.4) is 0 Å². The Morgan fingerprint density at radius 2 is 2.15 bits per heavy atom. The lowest BCUT2D eigenvalue weighted by Gasteiger charge is -2.14. The summed E-state index contributed by atoms with van der Waals surface area (Å²) in [5, 5.41) is 6.95. The van der Waals surface area contributed by atoms with E-state index in [4.69, 9.17) is 4.74 Å². The Hall–Kier alpha value is -3.15. The lowest BCUT2D eigenvalue weighted by Crippen LogP contribution is -2.35. The van der Waals surface area contributed by atoms with E-state index in [1.165, 1.54) is 0 Å². The van der Waals surface area contributed by atoms with Crippen LogP contribution in [0.15, 0.2) is 48.8 Å². The van der Waals surface area contributed by atoms with E-state index < -0.39 is 0 Å². The molecule has 0 bridgehead atoms. The van der Waals surface area contributed by atoms with Crippen LogP contribution in [0.25, 0.3) is 11.3 Å². The van der Waals surface area contributed by atoms with Crippen LogP contribution in [0, 0.1) is 6.92 Å². The molecule has 0 fully saturated rings. The number of carbonyl (C=O) groups is 1. The summed E-state index contributed by atoms with van der Waals surface area (Å²) in [6, 6.07) is 11.8. The van der Waals surface area contributed by atoms with Gasteiger partial charge >= 0.3 is 0 Å². The predicted octanol–water partition coefficient (Wildman–Crippen LogP) is 2.52. The molecule has 0 radical (unpaired) electrons. The normalized spacial score (nSPS) is 15.4. The number of aromatic nitrogens is 3. The smallest absolute Gasteiger partial charge is 0.269 e. The van der Waals surface area contributed by atoms with Crippen molar-refractivity contribution in [2.75, 3.05) is 6.54 Å². The maximum atomic E-state index is 12.3. The zero-order chi connectivity index (χ0) is 18.1. The summed E-state index contributed by atoms with van der Waals surface area (Å²) >= 11 is 0. The molecule has 0 aliphatic carbocycles. The molecule has 1 unspecified atom stereocenters. The zero-order valence-electron chi connectivity index (χ0n) is 14.8. The van der Waals surface area contributed by atoms with Gasteiger partial charge in [0.05, 0.1) is 12.2 Å². The number of fused-ring (bicyclic) bond motifs is 1. The van der Waals surface area contributed by atoms with Crippen LogP contribution in [-0.2, 0) is 13.5 Å². The molecular weight excluding hydrogens is 328 g/mol. The SMILES string of the molecule is Cc1cccnc1-c1cccc2c1OC(CNC(=O)c1ccnn1C)C2. The fourth-order valence-electron chi connectivity index (χ4n) is 3.30. The van der Waals surface area contributed by atoms with Crippen molar-refractivity contribution in [3.63, 3.8) is 0 Å². The number of benzene rings is 1. The van der Waals surface area contributed by atoms with Gasteiger partial charge in [0.2, 0.25) is 0 Å². The number of ether oxygens (including phenoxy) is 1. The Morgan fingerprint density at radius 1 is 1.27 bits per heavy atom. The number of nitrogens with zero attached hydrogens (tertiary/aromatic N) is 3. The highest BCUT2D eigenvalue weighted by Crippen LogP contribution is 2.38. The van der Waals surface area contributed by atoms with E-state index in [0.29, 0.717) is 12.2 Å². The molecule has 2 aromatic heterocycles. The van der Waals surface area contributed by atoms with Gasteiger partial charge in [0, 0.05) is 31.4 Å². The third-order valence-electron chi connectivity index (χ3n) is 4.64. The summed E-state index contributed by atoms with van der Waals surface area (Å²) < 4.78 is 7.73. The quantitative estimate of drug-likeness (QED) is 0.787. The second-order valence-electron chi connectivity index (χ2n) is 6.46. The van der Waals surface area contributed by atoms with Crippen molar-refractivity contribution in [1.29, 1.82) is 0 Å². The number of para-hydroxylation sites is 1. The number of pyridine rings is 1. The van der Waals surface area contributed by atoms with Crippen molar-refractivity contribution in [1.82, 2.24) is 20.1 Å². The van der Waals surface area contributed by atoms with Gasteiger partial charge in [-0.3, -0.25) is 14.5 Å².